The average molecular weight is 569 g/mol. The molecule has 1 aliphatic heterocycles. The molecule has 1 aromatic carbocycles. The minimum Gasteiger partial charge on any atom is -0.496 e. The van der Waals surface area contributed by atoms with Crippen molar-refractivity contribution in [3.63, 3.8) is 0 Å². The fourth-order valence-corrected chi connectivity index (χ4v) is 4.61. The Labute approximate surface area is 216 Å². The zero-order valence-corrected chi connectivity index (χ0v) is 23.3. The molecule has 0 amide bonds. The van der Waals surface area contributed by atoms with Gasteiger partial charge in [0.05, 0.1) is 25.4 Å². The lowest BCUT2D eigenvalue weighted by Gasteiger charge is -2.28. The smallest absolute Gasteiger partial charge is 0.191 e. The van der Waals surface area contributed by atoms with E-state index in [1.165, 1.54) is 29.7 Å². The van der Waals surface area contributed by atoms with Crippen molar-refractivity contribution in [1.82, 2.24) is 25.3 Å². The molecule has 2 unspecified atom stereocenters. The highest BCUT2D eigenvalue weighted by Gasteiger charge is 2.26. The molecular weight excluding hydrogens is 527 g/mol. The molecule has 33 heavy (non-hydrogen) atoms. The summed E-state index contributed by atoms with van der Waals surface area (Å²) >= 11 is 0. The summed E-state index contributed by atoms with van der Waals surface area (Å²) in [7, 11) is 3.75. The van der Waals surface area contributed by atoms with Crippen LogP contribution in [-0.4, -0.2) is 60.0 Å². The van der Waals surface area contributed by atoms with Crippen molar-refractivity contribution in [2.24, 2.45) is 12.0 Å². The Bertz CT molecular complexity index is 906. The highest BCUT2D eigenvalue weighted by molar-refractivity contribution is 14.0. The van der Waals surface area contributed by atoms with Gasteiger partial charge < -0.3 is 15.4 Å². The van der Waals surface area contributed by atoms with E-state index in [2.05, 4.69) is 60.5 Å². The maximum Gasteiger partial charge on any atom is 0.191 e. The third-order valence-electron chi connectivity index (χ3n) is 6.40. The zero-order chi connectivity index (χ0) is 23.1. The topological polar surface area (TPSA) is 66.7 Å². The quantitative estimate of drug-likeness (QED) is 0.272. The molecule has 1 aromatic heterocycles. The van der Waals surface area contributed by atoms with Crippen molar-refractivity contribution in [3.05, 3.63) is 46.8 Å². The van der Waals surface area contributed by atoms with Crippen LogP contribution in [-0.2, 0) is 13.5 Å². The van der Waals surface area contributed by atoms with Crippen LogP contribution in [0.4, 0.5) is 0 Å². The van der Waals surface area contributed by atoms with E-state index >= 15 is 0 Å². The monoisotopic (exact) mass is 568 g/mol. The molecule has 0 bridgehead atoms. The number of para-hydroxylation sites is 1. The first-order valence-electron chi connectivity index (χ1n) is 11.9. The molecule has 7 nitrogen and oxygen atoms in total. The molecule has 1 fully saturated rings. The van der Waals surface area contributed by atoms with Gasteiger partial charge in [-0.25, -0.2) is 0 Å². The molecular formula is C25H41IN6O. The molecule has 2 aromatic rings. The van der Waals surface area contributed by atoms with Gasteiger partial charge in [0, 0.05) is 30.9 Å². The minimum atomic E-state index is 0. The average Bonchev–Trinajstić information content (AvgIpc) is 3.39. The van der Waals surface area contributed by atoms with E-state index in [4.69, 9.17) is 9.73 Å². The number of halogens is 1. The molecule has 0 aliphatic carbocycles. The van der Waals surface area contributed by atoms with Crippen LogP contribution in [0.2, 0.25) is 0 Å². The summed E-state index contributed by atoms with van der Waals surface area (Å²) in [5.74, 6) is 1.80. The number of guanidine groups is 1. The Morgan fingerprint density at radius 3 is 2.52 bits per heavy atom. The van der Waals surface area contributed by atoms with Crippen LogP contribution in [0.5, 0.6) is 5.75 Å². The van der Waals surface area contributed by atoms with Gasteiger partial charge in [-0.15, -0.1) is 24.0 Å². The summed E-state index contributed by atoms with van der Waals surface area (Å²) < 4.78 is 7.64. The van der Waals surface area contributed by atoms with Crippen LogP contribution < -0.4 is 15.4 Å². The first-order valence-corrected chi connectivity index (χ1v) is 11.9. The first kappa shape index (κ1) is 27.4. The third-order valence-corrected chi connectivity index (χ3v) is 6.40. The Morgan fingerprint density at radius 1 is 1.21 bits per heavy atom. The van der Waals surface area contributed by atoms with Gasteiger partial charge in [-0.2, -0.15) is 5.10 Å². The van der Waals surface area contributed by atoms with Gasteiger partial charge in [0.25, 0.3) is 0 Å². The number of aryl methyl sites for hydroxylation is 2. The van der Waals surface area contributed by atoms with Crippen molar-refractivity contribution < 1.29 is 4.74 Å². The van der Waals surface area contributed by atoms with E-state index in [9.17, 15) is 0 Å². The van der Waals surface area contributed by atoms with E-state index in [0.29, 0.717) is 6.54 Å². The first-order chi connectivity index (χ1) is 15.4. The van der Waals surface area contributed by atoms with Crippen LogP contribution in [0.25, 0.3) is 0 Å². The van der Waals surface area contributed by atoms with E-state index in [-0.39, 0.29) is 36.1 Å². The fraction of sp³-hybridized carbons (Fsp3) is 0.600. The van der Waals surface area contributed by atoms with Gasteiger partial charge in [-0.1, -0.05) is 18.2 Å². The van der Waals surface area contributed by atoms with E-state index < -0.39 is 0 Å². The van der Waals surface area contributed by atoms with E-state index in [0.717, 1.165) is 43.5 Å². The van der Waals surface area contributed by atoms with Gasteiger partial charge in [0.15, 0.2) is 5.96 Å². The molecule has 2 N–H and O–H groups in total. The fourth-order valence-electron chi connectivity index (χ4n) is 4.61. The normalized spacial score (nSPS) is 16.2. The van der Waals surface area contributed by atoms with Gasteiger partial charge in [0.2, 0.25) is 0 Å². The van der Waals surface area contributed by atoms with Crippen molar-refractivity contribution >= 4 is 29.9 Å². The van der Waals surface area contributed by atoms with Crippen LogP contribution in [0.3, 0.4) is 0 Å². The number of ether oxygens (including phenoxy) is 1. The number of likely N-dealkylation sites (tertiary alicyclic amines) is 1. The van der Waals surface area contributed by atoms with Crippen molar-refractivity contribution in [2.45, 2.75) is 59.0 Å². The number of nitrogens with one attached hydrogen (secondary N) is 2. The van der Waals surface area contributed by atoms with Crippen LogP contribution in [0.1, 0.15) is 55.2 Å². The second-order valence-electron chi connectivity index (χ2n) is 8.74. The van der Waals surface area contributed by atoms with Gasteiger partial charge >= 0.3 is 0 Å². The van der Waals surface area contributed by atoms with Gasteiger partial charge in [-0.05, 0) is 71.7 Å². The molecule has 184 valence electrons. The summed E-state index contributed by atoms with van der Waals surface area (Å²) in [5.41, 5.74) is 4.85. The van der Waals surface area contributed by atoms with Crippen LogP contribution in [0.15, 0.2) is 29.3 Å². The number of methoxy groups -OCH3 is 1. The molecule has 3 rings (SSSR count). The van der Waals surface area contributed by atoms with Crippen molar-refractivity contribution in [3.8, 4) is 5.75 Å². The Morgan fingerprint density at radius 2 is 1.91 bits per heavy atom. The number of hydrogen-bond acceptors (Lipinski definition) is 4. The van der Waals surface area contributed by atoms with Crippen LogP contribution >= 0.6 is 24.0 Å². The summed E-state index contributed by atoms with van der Waals surface area (Å²) in [6, 6.07) is 8.80. The van der Waals surface area contributed by atoms with E-state index in [1.807, 2.05) is 23.9 Å². The lowest BCUT2D eigenvalue weighted by Crippen LogP contribution is -2.43. The SMILES string of the molecule is CCNC(=NCC(c1ccccc1OC)N1CCCC1)NC(C)Cc1c(C)nn(C)c1C.I. The number of rotatable bonds is 9. The number of benzene rings is 1. The summed E-state index contributed by atoms with van der Waals surface area (Å²) in [6.45, 7) is 12.3. The predicted octanol–water partition coefficient (Wildman–Crippen LogP) is 3.99. The summed E-state index contributed by atoms with van der Waals surface area (Å²) in [5, 5.41) is 11.6. The molecule has 0 radical (unpaired) electrons. The molecule has 0 saturated carbocycles. The molecule has 2 atom stereocenters. The Kier molecular flexibility index (Phi) is 11.0. The second-order valence-corrected chi connectivity index (χ2v) is 8.74. The highest BCUT2D eigenvalue weighted by atomic mass is 127. The molecule has 8 heteroatoms. The Hall–Kier alpha value is -1.81. The van der Waals surface area contributed by atoms with Gasteiger partial charge in [0.1, 0.15) is 5.75 Å². The predicted molar refractivity (Wildman–Crippen MR) is 147 cm³/mol. The van der Waals surface area contributed by atoms with Crippen molar-refractivity contribution in [1.29, 1.82) is 0 Å². The van der Waals surface area contributed by atoms with Crippen LogP contribution in [0, 0.1) is 13.8 Å². The molecule has 1 aliphatic rings. The lowest BCUT2D eigenvalue weighted by atomic mass is 10.0. The number of aromatic nitrogens is 2. The third kappa shape index (κ3) is 7.09. The Balaban J connectivity index is 0.00000385. The lowest BCUT2D eigenvalue weighted by molar-refractivity contribution is 0.245. The standard InChI is InChI=1S/C25H40N6O.HI/c1-7-26-25(28-18(2)16-22-19(3)29-30(5)20(22)4)27-17-23(31-14-10-11-15-31)21-12-8-9-13-24(21)32-6;/h8-9,12-13,18,23H,7,10-11,14-17H2,1-6H3,(H2,26,27,28);1H. The largest absolute Gasteiger partial charge is 0.496 e. The van der Waals surface area contributed by atoms with E-state index in [1.54, 1.807) is 7.11 Å². The number of hydrogen-bond donors (Lipinski definition) is 2. The highest BCUT2D eigenvalue weighted by Crippen LogP contribution is 2.31. The summed E-state index contributed by atoms with van der Waals surface area (Å²) in [4.78, 5) is 7.56. The molecule has 1 saturated heterocycles. The maximum atomic E-state index is 5.68. The second kappa shape index (κ2) is 13.2. The maximum absolute atomic E-state index is 5.68. The number of nitrogens with zero attached hydrogens (tertiary/aromatic N) is 4. The molecule has 0 spiro atoms. The van der Waals surface area contributed by atoms with Gasteiger partial charge in [-0.3, -0.25) is 14.6 Å². The molecule has 2 heterocycles. The summed E-state index contributed by atoms with van der Waals surface area (Å²) in [6.07, 6.45) is 3.40. The van der Waals surface area contributed by atoms with Crippen molar-refractivity contribution in [2.75, 3.05) is 33.3 Å². The zero-order valence-electron chi connectivity index (χ0n) is 21.0. The number of aliphatic imine (C=N–C) groups is 1. The minimum absolute atomic E-state index is 0.